The fourth-order valence-electron chi connectivity index (χ4n) is 3.25. The molecule has 4 aromatic rings. The summed E-state index contributed by atoms with van der Waals surface area (Å²) < 4.78 is 12.0. The fraction of sp³-hybridized carbons (Fsp3) is 0.111. The molecule has 1 heterocycles. The molecule has 152 valence electrons. The molecule has 0 aliphatic heterocycles. The number of rotatable bonds is 7. The molecule has 0 aliphatic rings. The van der Waals surface area contributed by atoms with E-state index in [1.54, 1.807) is 0 Å². The summed E-state index contributed by atoms with van der Waals surface area (Å²) in [5.74, 6) is 0.915. The summed E-state index contributed by atoms with van der Waals surface area (Å²) in [5.41, 5.74) is 5.31. The Kier molecular flexibility index (Phi) is 6.25. The fourth-order valence-corrected chi connectivity index (χ4v) is 3.25. The highest BCUT2D eigenvalue weighted by molar-refractivity contribution is 5.75. The van der Waals surface area contributed by atoms with Crippen molar-refractivity contribution in [3.05, 3.63) is 113 Å². The topological polar surface area (TPSA) is 55.1 Å². The van der Waals surface area contributed by atoms with Crippen LogP contribution in [0.3, 0.4) is 0 Å². The van der Waals surface area contributed by atoms with Gasteiger partial charge in [0.2, 0.25) is 11.8 Å². The molecule has 0 spiro atoms. The van der Waals surface area contributed by atoms with E-state index in [9.17, 15) is 5.26 Å². The van der Waals surface area contributed by atoms with Crippen LogP contribution in [0, 0.1) is 18.3 Å². The third-order valence-corrected chi connectivity index (χ3v) is 4.87. The van der Waals surface area contributed by atoms with Crippen molar-refractivity contribution in [3.8, 4) is 29.0 Å². The van der Waals surface area contributed by atoms with Gasteiger partial charge in [0.25, 0.3) is 0 Å². The van der Waals surface area contributed by atoms with Crippen molar-refractivity contribution in [2.24, 2.45) is 0 Å². The van der Waals surface area contributed by atoms with Crippen LogP contribution in [0.25, 0.3) is 11.1 Å². The molecule has 0 radical (unpaired) electrons. The Morgan fingerprint density at radius 3 is 2.03 bits per heavy atom. The Hall–Kier alpha value is -4.10. The van der Waals surface area contributed by atoms with E-state index in [2.05, 4.69) is 11.1 Å². The summed E-state index contributed by atoms with van der Waals surface area (Å²) in [6.07, 6.45) is 0. The van der Waals surface area contributed by atoms with Gasteiger partial charge in [-0.3, -0.25) is 0 Å². The molecule has 4 nitrogen and oxygen atoms in total. The van der Waals surface area contributed by atoms with Gasteiger partial charge in [0.05, 0.1) is 11.6 Å². The molecule has 0 unspecified atom stereocenters. The number of hydrogen-bond acceptors (Lipinski definition) is 4. The predicted molar refractivity (Wildman–Crippen MR) is 121 cm³/mol. The minimum absolute atomic E-state index is 0.372. The number of benzene rings is 3. The molecule has 0 amide bonds. The first-order valence-electron chi connectivity index (χ1n) is 10.1. The number of pyridine rings is 1. The normalized spacial score (nSPS) is 10.3. The largest absolute Gasteiger partial charge is 0.473 e. The van der Waals surface area contributed by atoms with E-state index in [1.807, 2.05) is 97.9 Å². The highest BCUT2D eigenvalue weighted by Gasteiger charge is 2.15. The van der Waals surface area contributed by atoms with Crippen LogP contribution in [0.2, 0.25) is 0 Å². The van der Waals surface area contributed by atoms with E-state index in [1.165, 1.54) is 0 Å². The SMILES string of the molecule is Cc1ccc(C#N)c(-c2ccc(OCc3ccccc3)nc2OCc2ccccc2)c1. The molecule has 1 aromatic heterocycles. The average molecular weight is 406 g/mol. The van der Waals surface area contributed by atoms with Gasteiger partial charge in [0.15, 0.2) is 0 Å². The van der Waals surface area contributed by atoms with Gasteiger partial charge in [-0.1, -0.05) is 72.3 Å². The monoisotopic (exact) mass is 406 g/mol. The first-order valence-corrected chi connectivity index (χ1v) is 10.1. The Balaban J connectivity index is 1.66. The van der Waals surface area contributed by atoms with Gasteiger partial charge in [0, 0.05) is 17.2 Å². The van der Waals surface area contributed by atoms with Gasteiger partial charge in [-0.05, 0) is 36.2 Å². The minimum atomic E-state index is 0.372. The van der Waals surface area contributed by atoms with E-state index >= 15 is 0 Å². The van der Waals surface area contributed by atoms with Crippen LogP contribution in [0.15, 0.2) is 91.0 Å². The zero-order valence-corrected chi connectivity index (χ0v) is 17.3. The molecule has 0 saturated carbocycles. The lowest BCUT2D eigenvalue weighted by Gasteiger charge is -2.14. The van der Waals surface area contributed by atoms with Crippen LogP contribution in [-0.4, -0.2) is 4.98 Å². The van der Waals surface area contributed by atoms with Crippen molar-refractivity contribution in [2.75, 3.05) is 0 Å². The van der Waals surface area contributed by atoms with Crippen molar-refractivity contribution in [1.82, 2.24) is 4.98 Å². The maximum absolute atomic E-state index is 9.60. The lowest BCUT2D eigenvalue weighted by Crippen LogP contribution is -2.03. The average Bonchev–Trinajstić information content (AvgIpc) is 2.83. The lowest BCUT2D eigenvalue weighted by molar-refractivity contribution is 0.268. The van der Waals surface area contributed by atoms with E-state index in [-0.39, 0.29) is 0 Å². The molecular formula is C27H22N2O2. The van der Waals surface area contributed by atoms with Crippen LogP contribution >= 0.6 is 0 Å². The number of ether oxygens (including phenoxy) is 2. The zero-order chi connectivity index (χ0) is 21.5. The maximum Gasteiger partial charge on any atom is 0.225 e. The second-order valence-corrected chi connectivity index (χ2v) is 7.21. The summed E-state index contributed by atoms with van der Waals surface area (Å²) in [4.78, 5) is 4.63. The van der Waals surface area contributed by atoms with Crippen molar-refractivity contribution in [1.29, 1.82) is 5.26 Å². The molecular weight excluding hydrogens is 384 g/mol. The molecule has 3 aromatic carbocycles. The van der Waals surface area contributed by atoms with Crippen molar-refractivity contribution >= 4 is 0 Å². The van der Waals surface area contributed by atoms with Crippen molar-refractivity contribution in [2.45, 2.75) is 20.1 Å². The van der Waals surface area contributed by atoms with E-state index in [0.29, 0.717) is 30.5 Å². The quantitative estimate of drug-likeness (QED) is 0.373. The Labute approximate surface area is 182 Å². The molecule has 4 rings (SSSR count). The van der Waals surface area contributed by atoms with Crippen LogP contribution < -0.4 is 9.47 Å². The molecule has 0 aliphatic carbocycles. The molecule has 4 heteroatoms. The number of hydrogen-bond donors (Lipinski definition) is 0. The molecule has 0 fully saturated rings. The highest BCUT2D eigenvalue weighted by atomic mass is 16.5. The van der Waals surface area contributed by atoms with Crippen molar-refractivity contribution in [3.63, 3.8) is 0 Å². The summed E-state index contributed by atoms with van der Waals surface area (Å²) >= 11 is 0. The second-order valence-electron chi connectivity index (χ2n) is 7.21. The van der Waals surface area contributed by atoms with E-state index in [0.717, 1.165) is 27.8 Å². The molecule has 0 atom stereocenters. The van der Waals surface area contributed by atoms with Gasteiger partial charge in [-0.25, -0.2) is 0 Å². The summed E-state index contributed by atoms with van der Waals surface area (Å²) in [7, 11) is 0. The zero-order valence-electron chi connectivity index (χ0n) is 17.3. The van der Waals surface area contributed by atoms with E-state index in [4.69, 9.17) is 9.47 Å². The third kappa shape index (κ3) is 5.09. The van der Waals surface area contributed by atoms with Gasteiger partial charge in [-0.15, -0.1) is 0 Å². The first kappa shape index (κ1) is 20.2. The van der Waals surface area contributed by atoms with Gasteiger partial charge in [-0.2, -0.15) is 10.2 Å². The predicted octanol–water partition coefficient (Wildman–Crippen LogP) is 6.09. The Morgan fingerprint density at radius 2 is 1.39 bits per heavy atom. The maximum atomic E-state index is 9.60. The van der Waals surface area contributed by atoms with Gasteiger partial charge < -0.3 is 9.47 Å². The van der Waals surface area contributed by atoms with E-state index < -0.39 is 0 Å². The van der Waals surface area contributed by atoms with Gasteiger partial charge in [0.1, 0.15) is 13.2 Å². The highest BCUT2D eigenvalue weighted by Crippen LogP contribution is 2.34. The standard InChI is InChI=1S/C27H22N2O2/c1-20-12-13-23(17-28)25(16-20)24-14-15-26(30-18-21-8-4-2-5-9-21)29-27(24)31-19-22-10-6-3-7-11-22/h2-16H,18-19H2,1H3. The minimum Gasteiger partial charge on any atom is -0.473 e. The third-order valence-electron chi connectivity index (χ3n) is 4.87. The number of nitriles is 1. The Bertz CT molecular complexity index is 1200. The van der Waals surface area contributed by atoms with Gasteiger partial charge >= 0.3 is 0 Å². The summed E-state index contributed by atoms with van der Waals surface area (Å²) in [6, 6.07) is 31.6. The van der Waals surface area contributed by atoms with Crippen LogP contribution in [0.1, 0.15) is 22.3 Å². The summed E-state index contributed by atoms with van der Waals surface area (Å²) in [6.45, 7) is 2.79. The smallest absolute Gasteiger partial charge is 0.225 e. The number of aromatic nitrogens is 1. The van der Waals surface area contributed by atoms with Crippen LogP contribution in [-0.2, 0) is 13.2 Å². The van der Waals surface area contributed by atoms with Crippen LogP contribution in [0.5, 0.6) is 11.8 Å². The second kappa shape index (κ2) is 9.60. The molecule has 0 N–H and O–H groups in total. The summed E-state index contributed by atoms with van der Waals surface area (Å²) in [5, 5.41) is 9.60. The van der Waals surface area contributed by atoms with Crippen molar-refractivity contribution < 1.29 is 9.47 Å². The van der Waals surface area contributed by atoms with Crippen LogP contribution in [0.4, 0.5) is 0 Å². The molecule has 0 saturated heterocycles. The molecule has 0 bridgehead atoms. The number of aryl methyl sites for hydroxylation is 1. The lowest BCUT2D eigenvalue weighted by atomic mass is 9.99. The Morgan fingerprint density at radius 1 is 0.742 bits per heavy atom. The first-order chi connectivity index (χ1) is 15.2. The molecule has 31 heavy (non-hydrogen) atoms. The number of nitrogens with zero attached hydrogens (tertiary/aromatic N) is 2.